The number of pyridine rings is 1. The van der Waals surface area contributed by atoms with E-state index < -0.39 is 0 Å². The highest BCUT2D eigenvalue weighted by molar-refractivity contribution is 5.92. The molecule has 4 aromatic rings. The van der Waals surface area contributed by atoms with Gasteiger partial charge in [-0.05, 0) is 54.1 Å². The van der Waals surface area contributed by atoms with Crippen LogP contribution in [-0.4, -0.2) is 38.0 Å². The van der Waals surface area contributed by atoms with Crippen LogP contribution in [0.15, 0.2) is 65.4 Å². The van der Waals surface area contributed by atoms with Gasteiger partial charge in [0.25, 0.3) is 0 Å². The fourth-order valence-corrected chi connectivity index (χ4v) is 4.11. The number of fused-ring (bicyclic) bond motifs is 1. The largest absolute Gasteiger partial charge is 0.469 e. The van der Waals surface area contributed by atoms with Crippen molar-refractivity contribution in [1.29, 1.82) is 0 Å². The zero-order valence-electron chi connectivity index (χ0n) is 18.5. The Balaban J connectivity index is 1.54. The standard InChI is InChI=1S/C25H22FN5O3/c1-16(32)30-10-11-31-21(15-30)24(25(29-31)17-4-6-19(26)7-5-17)18-8-9-27-22(13-18)28-23(33)14-20-3-2-12-34-20/h2-9,12-13H,10-11,14-15H2,1H3,(H,27,28,33). The average Bonchev–Trinajstić information content (AvgIpc) is 3.46. The van der Waals surface area contributed by atoms with E-state index in [-0.39, 0.29) is 24.1 Å². The first-order chi connectivity index (χ1) is 16.5. The van der Waals surface area contributed by atoms with Crippen LogP contribution in [0.1, 0.15) is 18.4 Å². The van der Waals surface area contributed by atoms with Gasteiger partial charge in [-0.1, -0.05) is 0 Å². The van der Waals surface area contributed by atoms with E-state index in [9.17, 15) is 14.0 Å². The molecule has 5 rings (SSSR count). The number of amides is 2. The van der Waals surface area contributed by atoms with Gasteiger partial charge in [0.1, 0.15) is 23.1 Å². The Morgan fingerprint density at radius 3 is 2.68 bits per heavy atom. The monoisotopic (exact) mass is 459 g/mol. The van der Waals surface area contributed by atoms with E-state index in [0.29, 0.717) is 36.9 Å². The number of nitrogens with zero attached hydrogens (tertiary/aromatic N) is 4. The van der Waals surface area contributed by atoms with Gasteiger partial charge in [-0.3, -0.25) is 14.3 Å². The van der Waals surface area contributed by atoms with Crippen molar-refractivity contribution < 1.29 is 18.4 Å². The minimum atomic E-state index is -0.331. The van der Waals surface area contributed by atoms with E-state index in [4.69, 9.17) is 9.52 Å². The molecule has 172 valence electrons. The molecule has 3 aromatic heterocycles. The van der Waals surface area contributed by atoms with Crippen molar-refractivity contribution in [3.63, 3.8) is 0 Å². The fourth-order valence-electron chi connectivity index (χ4n) is 4.11. The first-order valence-corrected chi connectivity index (χ1v) is 10.9. The normalized spacial score (nSPS) is 12.9. The summed E-state index contributed by atoms with van der Waals surface area (Å²) in [5.41, 5.74) is 3.92. The molecule has 0 unspecified atom stereocenters. The van der Waals surface area contributed by atoms with Crippen molar-refractivity contribution in [1.82, 2.24) is 19.7 Å². The van der Waals surface area contributed by atoms with Crippen LogP contribution in [0.4, 0.5) is 10.2 Å². The van der Waals surface area contributed by atoms with E-state index in [2.05, 4.69) is 10.3 Å². The predicted molar refractivity (Wildman–Crippen MR) is 123 cm³/mol. The van der Waals surface area contributed by atoms with Crippen molar-refractivity contribution in [2.45, 2.75) is 26.4 Å². The molecule has 4 heterocycles. The Labute approximate surface area is 195 Å². The van der Waals surface area contributed by atoms with E-state index in [1.807, 2.05) is 10.7 Å². The predicted octanol–water partition coefficient (Wildman–Crippen LogP) is 3.89. The van der Waals surface area contributed by atoms with Gasteiger partial charge >= 0.3 is 0 Å². The van der Waals surface area contributed by atoms with Gasteiger partial charge in [-0.2, -0.15) is 5.10 Å². The second kappa shape index (κ2) is 8.93. The lowest BCUT2D eigenvalue weighted by atomic mass is 9.98. The maximum atomic E-state index is 13.6. The van der Waals surface area contributed by atoms with Crippen LogP contribution < -0.4 is 5.32 Å². The SMILES string of the molecule is CC(=O)N1CCn2nc(-c3ccc(F)cc3)c(-c3ccnc(NC(=O)Cc4ccco4)c3)c2C1. The van der Waals surface area contributed by atoms with Crippen molar-refractivity contribution in [2.75, 3.05) is 11.9 Å². The Kier molecular flexibility index (Phi) is 5.67. The van der Waals surface area contributed by atoms with Crippen LogP contribution in [0, 0.1) is 5.82 Å². The molecule has 2 amide bonds. The molecule has 0 radical (unpaired) electrons. The van der Waals surface area contributed by atoms with Gasteiger partial charge in [-0.15, -0.1) is 0 Å². The number of anilines is 1. The lowest BCUT2D eigenvalue weighted by Gasteiger charge is -2.27. The minimum Gasteiger partial charge on any atom is -0.469 e. The fraction of sp³-hybridized carbons (Fsp3) is 0.200. The zero-order chi connectivity index (χ0) is 23.7. The lowest BCUT2D eigenvalue weighted by Crippen LogP contribution is -2.37. The molecule has 1 N–H and O–H groups in total. The third-order valence-corrected chi connectivity index (χ3v) is 5.77. The summed E-state index contributed by atoms with van der Waals surface area (Å²) in [6.07, 6.45) is 3.23. The summed E-state index contributed by atoms with van der Waals surface area (Å²) in [7, 11) is 0. The van der Waals surface area contributed by atoms with E-state index in [0.717, 1.165) is 22.4 Å². The van der Waals surface area contributed by atoms with Crippen LogP contribution in [-0.2, 0) is 29.1 Å². The Morgan fingerprint density at radius 2 is 1.94 bits per heavy atom. The van der Waals surface area contributed by atoms with Crippen LogP contribution in [0.5, 0.6) is 0 Å². The number of carbonyl (C=O) groups excluding carboxylic acids is 2. The van der Waals surface area contributed by atoms with Crippen LogP contribution in [0.2, 0.25) is 0 Å². The van der Waals surface area contributed by atoms with Gasteiger partial charge in [0.15, 0.2) is 0 Å². The zero-order valence-corrected chi connectivity index (χ0v) is 18.5. The Hall–Kier alpha value is -4.27. The number of nitrogens with one attached hydrogen (secondary N) is 1. The third-order valence-electron chi connectivity index (χ3n) is 5.77. The number of rotatable bonds is 5. The molecule has 1 aliphatic rings. The molecule has 0 saturated heterocycles. The molecule has 1 aromatic carbocycles. The van der Waals surface area contributed by atoms with Gasteiger partial charge in [0.2, 0.25) is 11.8 Å². The van der Waals surface area contributed by atoms with E-state index in [1.165, 1.54) is 18.4 Å². The number of aromatic nitrogens is 3. The molecule has 8 nitrogen and oxygen atoms in total. The van der Waals surface area contributed by atoms with Gasteiger partial charge in [-0.25, -0.2) is 9.37 Å². The molecule has 0 bridgehead atoms. The highest BCUT2D eigenvalue weighted by Crippen LogP contribution is 2.37. The smallest absolute Gasteiger partial charge is 0.233 e. The highest BCUT2D eigenvalue weighted by atomic mass is 19.1. The molecule has 0 atom stereocenters. The quantitative estimate of drug-likeness (QED) is 0.489. The number of halogens is 1. The summed E-state index contributed by atoms with van der Waals surface area (Å²) in [4.78, 5) is 30.6. The molecule has 0 aliphatic carbocycles. The number of hydrogen-bond donors (Lipinski definition) is 1. The summed E-state index contributed by atoms with van der Waals surface area (Å²) < 4.78 is 20.7. The second-order valence-electron chi connectivity index (χ2n) is 8.07. The van der Waals surface area contributed by atoms with Crippen molar-refractivity contribution >= 4 is 17.6 Å². The average molecular weight is 459 g/mol. The number of hydrogen-bond acceptors (Lipinski definition) is 5. The molecular weight excluding hydrogens is 437 g/mol. The third kappa shape index (κ3) is 4.32. The summed E-state index contributed by atoms with van der Waals surface area (Å²) in [6, 6.07) is 13.2. The minimum absolute atomic E-state index is 0.0117. The molecule has 0 fully saturated rings. The molecular formula is C25H22FN5O3. The topological polar surface area (TPSA) is 93.3 Å². The summed E-state index contributed by atoms with van der Waals surface area (Å²) in [5, 5.41) is 7.60. The summed E-state index contributed by atoms with van der Waals surface area (Å²) in [6.45, 7) is 3.07. The summed E-state index contributed by atoms with van der Waals surface area (Å²) >= 11 is 0. The Morgan fingerprint density at radius 1 is 1.12 bits per heavy atom. The van der Waals surface area contributed by atoms with Gasteiger partial charge < -0.3 is 14.6 Å². The summed E-state index contributed by atoms with van der Waals surface area (Å²) in [5.74, 6) is 0.351. The number of furan rings is 1. The maximum Gasteiger partial charge on any atom is 0.233 e. The second-order valence-corrected chi connectivity index (χ2v) is 8.07. The molecule has 0 saturated carbocycles. The van der Waals surface area contributed by atoms with Crippen LogP contribution in [0.3, 0.4) is 0 Å². The van der Waals surface area contributed by atoms with Crippen LogP contribution in [0.25, 0.3) is 22.4 Å². The number of carbonyl (C=O) groups is 2. The first kappa shape index (κ1) is 21.6. The van der Waals surface area contributed by atoms with Gasteiger partial charge in [0.05, 0.1) is 31.5 Å². The van der Waals surface area contributed by atoms with Gasteiger partial charge in [0, 0.05) is 30.8 Å². The molecule has 34 heavy (non-hydrogen) atoms. The van der Waals surface area contributed by atoms with Crippen LogP contribution >= 0.6 is 0 Å². The van der Waals surface area contributed by atoms with Crippen molar-refractivity contribution in [3.05, 3.63) is 78.3 Å². The molecule has 0 spiro atoms. The van der Waals surface area contributed by atoms with Crippen molar-refractivity contribution in [2.24, 2.45) is 0 Å². The maximum absolute atomic E-state index is 13.6. The number of benzene rings is 1. The highest BCUT2D eigenvalue weighted by Gasteiger charge is 2.27. The Bertz CT molecular complexity index is 1350. The van der Waals surface area contributed by atoms with E-state index in [1.54, 1.807) is 48.4 Å². The van der Waals surface area contributed by atoms with E-state index >= 15 is 0 Å². The molecule has 9 heteroatoms. The first-order valence-electron chi connectivity index (χ1n) is 10.9. The molecule has 1 aliphatic heterocycles. The lowest BCUT2D eigenvalue weighted by molar-refractivity contribution is -0.130. The van der Waals surface area contributed by atoms with Crippen molar-refractivity contribution in [3.8, 4) is 22.4 Å².